The Kier molecular flexibility index (Phi) is 4.34. The SMILES string of the molecule is CCC1(C(=O)O)CCCN(C(=O)COC2(C)CNC2)C1. The van der Waals surface area contributed by atoms with Gasteiger partial charge < -0.3 is 20.1 Å². The highest BCUT2D eigenvalue weighted by atomic mass is 16.5. The van der Waals surface area contributed by atoms with E-state index < -0.39 is 11.4 Å². The monoisotopic (exact) mass is 284 g/mol. The molecule has 0 spiro atoms. The van der Waals surface area contributed by atoms with E-state index in [1.54, 1.807) is 4.90 Å². The van der Waals surface area contributed by atoms with Crippen molar-refractivity contribution < 1.29 is 19.4 Å². The molecule has 1 amide bonds. The molecule has 2 fully saturated rings. The largest absolute Gasteiger partial charge is 0.481 e. The van der Waals surface area contributed by atoms with Crippen LogP contribution in [0.5, 0.6) is 0 Å². The number of amides is 1. The number of carboxylic acid groups (broad SMARTS) is 1. The molecular weight excluding hydrogens is 260 g/mol. The zero-order chi connectivity index (χ0) is 14.8. The van der Waals surface area contributed by atoms with Gasteiger partial charge in [-0.25, -0.2) is 0 Å². The molecule has 20 heavy (non-hydrogen) atoms. The summed E-state index contributed by atoms with van der Waals surface area (Å²) >= 11 is 0. The molecule has 6 nitrogen and oxygen atoms in total. The van der Waals surface area contributed by atoms with Gasteiger partial charge in [0.2, 0.25) is 5.91 Å². The van der Waals surface area contributed by atoms with Crippen molar-refractivity contribution in [3.05, 3.63) is 0 Å². The second-order valence-corrected chi connectivity index (χ2v) is 6.20. The van der Waals surface area contributed by atoms with E-state index in [2.05, 4.69) is 5.32 Å². The van der Waals surface area contributed by atoms with Crippen LogP contribution >= 0.6 is 0 Å². The average Bonchev–Trinajstić information content (AvgIpc) is 2.42. The van der Waals surface area contributed by atoms with Crippen LogP contribution < -0.4 is 5.32 Å². The van der Waals surface area contributed by atoms with Gasteiger partial charge in [-0.05, 0) is 26.2 Å². The number of carbonyl (C=O) groups excluding carboxylic acids is 1. The molecule has 2 aliphatic rings. The van der Waals surface area contributed by atoms with Gasteiger partial charge in [0.25, 0.3) is 0 Å². The smallest absolute Gasteiger partial charge is 0.311 e. The topological polar surface area (TPSA) is 78.9 Å². The summed E-state index contributed by atoms with van der Waals surface area (Å²) in [5.41, 5.74) is -1.03. The highest BCUT2D eigenvalue weighted by Gasteiger charge is 2.42. The third kappa shape index (κ3) is 2.96. The maximum Gasteiger partial charge on any atom is 0.311 e. The van der Waals surface area contributed by atoms with E-state index >= 15 is 0 Å². The van der Waals surface area contributed by atoms with Crippen molar-refractivity contribution in [2.24, 2.45) is 5.41 Å². The third-order valence-corrected chi connectivity index (χ3v) is 4.60. The van der Waals surface area contributed by atoms with E-state index in [9.17, 15) is 14.7 Å². The van der Waals surface area contributed by atoms with Crippen molar-refractivity contribution in [1.82, 2.24) is 10.2 Å². The zero-order valence-electron chi connectivity index (χ0n) is 12.3. The van der Waals surface area contributed by atoms with Gasteiger partial charge in [-0.2, -0.15) is 0 Å². The molecule has 6 heteroatoms. The molecule has 1 atom stereocenters. The van der Waals surface area contributed by atoms with Crippen LogP contribution in [-0.2, 0) is 14.3 Å². The van der Waals surface area contributed by atoms with E-state index in [4.69, 9.17) is 4.74 Å². The molecule has 0 aromatic carbocycles. The predicted octanol–water partition coefficient (Wildman–Crippen LogP) is 0.468. The minimum atomic E-state index is -0.798. The molecule has 2 heterocycles. The van der Waals surface area contributed by atoms with Gasteiger partial charge in [-0.15, -0.1) is 0 Å². The number of nitrogens with zero attached hydrogens (tertiary/aromatic N) is 1. The Hall–Kier alpha value is -1.14. The van der Waals surface area contributed by atoms with Crippen LogP contribution in [-0.4, -0.2) is 60.3 Å². The van der Waals surface area contributed by atoms with E-state index in [0.29, 0.717) is 25.9 Å². The van der Waals surface area contributed by atoms with Crippen molar-refractivity contribution in [3.63, 3.8) is 0 Å². The summed E-state index contributed by atoms with van der Waals surface area (Å²) in [4.78, 5) is 25.3. The Morgan fingerprint density at radius 2 is 2.10 bits per heavy atom. The van der Waals surface area contributed by atoms with Crippen LogP contribution in [0.2, 0.25) is 0 Å². The highest BCUT2D eigenvalue weighted by Crippen LogP contribution is 2.33. The summed E-state index contributed by atoms with van der Waals surface area (Å²) in [6, 6.07) is 0. The number of piperidine rings is 1. The molecular formula is C14H24N2O4. The van der Waals surface area contributed by atoms with E-state index in [0.717, 1.165) is 19.5 Å². The van der Waals surface area contributed by atoms with Gasteiger partial charge in [0.05, 0.1) is 11.0 Å². The lowest BCUT2D eigenvalue weighted by molar-refractivity contribution is -0.159. The molecule has 2 N–H and O–H groups in total. The van der Waals surface area contributed by atoms with Crippen LogP contribution in [0, 0.1) is 5.41 Å². The Morgan fingerprint density at radius 1 is 1.40 bits per heavy atom. The van der Waals surface area contributed by atoms with E-state index in [-0.39, 0.29) is 18.1 Å². The van der Waals surface area contributed by atoms with Gasteiger partial charge >= 0.3 is 5.97 Å². The predicted molar refractivity (Wildman–Crippen MR) is 73.4 cm³/mol. The first-order chi connectivity index (χ1) is 9.41. The molecule has 0 saturated carbocycles. The van der Waals surface area contributed by atoms with Gasteiger partial charge in [0, 0.05) is 26.2 Å². The number of rotatable bonds is 5. The van der Waals surface area contributed by atoms with Crippen LogP contribution in [0.4, 0.5) is 0 Å². The summed E-state index contributed by atoms with van der Waals surface area (Å²) < 4.78 is 5.64. The molecule has 1 unspecified atom stereocenters. The number of likely N-dealkylation sites (tertiary alicyclic amines) is 1. The summed E-state index contributed by atoms with van der Waals surface area (Å²) in [6.45, 7) is 6.34. The summed E-state index contributed by atoms with van der Waals surface area (Å²) in [5.74, 6) is -0.898. The van der Waals surface area contributed by atoms with E-state index in [1.807, 2.05) is 13.8 Å². The number of hydrogen-bond donors (Lipinski definition) is 2. The van der Waals surface area contributed by atoms with Gasteiger partial charge in [0.15, 0.2) is 0 Å². The maximum absolute atomic E-state index is 12.2. The number of ether oxygens (including phenoxy) is 1. The third-order valence-electron chi connectivity index (χ3n) is 4.60. The first-order valence-electron chi connectivity index (χ1n) is 7.27. The lowest BCUT2D eigenvalue weighted by atomic mass is 9.77. The van der Waals surface area contributed by atoms with Crippen molar-refractivity contribution in [1.29, 1.82) is 0 Å². The molecule has 2 aliphatic heterocycles. The Morgan fingerprint density at radius 3 is 2.60 bits per heavy atom. The number of nitrogens with one attached hydrogen (secondary N) is 1. The zero-order valence-corrected chi connectivity index (χ0v) is 12.3. The molecule has 2 saturated heterocycles. The molecule has 2 rings (SSSR count). The quantitative estimate of drug-likeness (QED) is 0.767. The van der Waals surface area contributed by atoms with Crippen molar-refractivity contribution in [3.8, 4) is 0 Å². The van der Waals surface area contributed by atoms with Crippen molar-refractivity contribution in [2.45, 2.75) is 38.7 Å². The fourth-order valence-corrected chi connectivity index (χ4v) is 2.87. The maximum atomic E-state index is 12.2. The second kappa shape index (κ2) is 5.69. The summed E-state index contributed by atoms with van der Waals surface area (Å²) in [7, 11) is 0. The number of carbonyl (C=O) groups is 2. The first-order valence-corrected chi connectivity index (χ1v) is 7.27. The minimum absolute atomic E-state index is 0.0393. The Balaban J connectivity index is 1.91. The second-order valence-electron chi connectivity index (χ2n) is 6.20. The minimum Gasteiger partial charge on any atom is -0.481 e. The van der Waals surface area contributed by atoms with E-state index in [1.165, 1.54) is 0 Å². The van der Waals surface area contributed by atoms with Crippen LogP contribution in [0.3, 0.4) is 0 Å². The lowest BCUT2D eigenvalue weighted by Gasteiger charge is -2.41. The fraction of sp³-hybridized carbons (Fsp3) is 0.857. The summed E-state index contributed by atoms with van der Waals surface area (Å²) in [5, 5.41) is 12.5. The van der Waals surface area contributed by atoms with Crippen molar-refractivity contribution in [2.75, 3.05) is 32.8 Å². The van der Waals surface area contributed by atoms with Crippen LogP contribution in [0.1, 0.15) is 33.1 Å². The van der Waals surface area contributed by atoms with Gasteiger partial charge in [-0.1, -0.05) is 6.92 Å². The summed E-state index contributed by atoms with van der Waals surface area (Å²) in [6.07, 6.45) is 1.93. The standard InChI is InChI=1S/C14H24N2O4/c1-3-14(12(18)19)5-4-6-16(10-14)11(17)7-20-13(2)8-15-9-13/h15H,3-10H2,1-2H3,(H,18,19). The lowest BCUT2D eigenvalue weighted by Crippen LogP contribution is -2.60. The molecule has 0 aromatic heterocycles. The molecule has 114 valence electrons. The first kappa shape index (κ1) is 15.3. The molecule has 0 radical (unpaired) electrons. The van der Waals surface area contributed by atoms with Crippen LogP contribution in [0.15, 0.2) is 0 Å². The normalized spacial score (nSPS) is 28.8. The molecule has 0 aromatic rings. The van der Waals surface area contributed by atoms with Gasteiger partial charge in [0.1, 0.15) is 6.61 Å². The van der Waals surface area contributed by atoms with Gasteiger partial charge in [-0.3, -0.25) is 9.59 Å². The number of carboxylic acids is 1. The highest BCUT2D eigenvalue weighted by molar-refractivity contribution is 5.80. The Labute approximate surface area is 119 Å². The number of aliphatic carboxylic acids is 1. The molecule has 0 bridgehead atoms. The fourth-order valence-electron chi connectivity index (χ4n) is 2.87. The van der Waals surface area contributed by atoms with Crippen molar-refractivity contribution >= 4 is 11.9 Å². The molecule has 0 aliphatic carbocycles. The number of hydrogen-bond acceptors (Lipinski definition) is 4. The van der Waals surface area contributed by atoms with Crippen LogP contribution in [0.25, 0.3) is 0 Å². The average molecular weight is 284 g/mol. The Bertz CT molecular complexity index is 395.